The van der Waals surface area contributed by atoms with Gasteiger partial charge in [-0.05, 0) is 35.5 Å². The Bertz CT molecular complexity index is 560. The first kappa shape index (κ1) is 15.3. The number of aromatic nitrogens is 2. The Kier molecular flexibility index (Phi) is 4.66. The van der Waals surface area contributed by atoms with E-state index < -0.39 is 0 Å². The van der Waals surface area contributed by atoms with Crippen LogP contribution < -0.4 is 5.32 Å². The zero-order chi connectivity index (χ0) is 14.8. The Morgan fingerprint density at radius 3 is 2.50 bits per heavy atom. The Hall–Kier alpha value is -1.13. The maximum atomic E-state index is 4.44. The van der Waals surface area contributed by atoms with Crippen LogP contribution in [0.5, 0.6) is 0 Å². The van der Waals surface area contributed by atoms with Gasteiger partial charge >= 0.3 is 0 Å². The molecule has 1 unspecified atom stereocenters. The number of nitrogens with one attached hydrogen (secondary N) is 1. The van der Waals surface area contributed by atoms with Crippen molar-refractivity contribution in [1.82, 2.24) is 15.1 Å². The van der Waals surface area contributed by atoms with Crippen molar-refractivity contribution < 1.29 is 0 Å². The molecule has 0 aliphatic heterocycles. The summed E-state index contributed by atoms with van der Waals surface area (Å²) >= 11 is 3.64. The molecule has 1 N–H and O–H groups in total. The molecule has 1 aromatic heterocycles. The van der Waals surface area contributed by atoms with E-state index in [1.54, 1.807) is 0 Å². The first-order valence-corrected chi connectivity index (χ1v) is 7.75. The van der Waals surface area contributed by atoms with Crippen LogP contribution >= 0.6 is 15.9 Å². The third kappa shape index (κ3) is 2.67. The topological polar surface area (TPSA) is 29.9 Å². The third-order valence-electron chi connectivity index (χ3n) is 3.93. The fourth-order valence-corrected chi connectivity index (χ4v) is 3.31. The van der Waals surface area contributed by atoms with E-state index in [4.69, 9.17) is 0 Å². The molecule has 20 heavy (non-hydrogen) atoms. The average molecular weight is 336 g/mol. The summed E-state index contributed by atoms with van der Waals surface area (Å²) in [5, 5.41) is 7.91. The lowest BCUT2D eigenvalue weighted by atomic mass is 9.76. The van der Waals surface area contributed by atoms with Crippen molar-refractivity contribution in [3.8, 4) is 0 Å². The minimum absolute atomic E-state index is 0.0362. The van der Waals surface area contributed by atoms with Crippen LogP contribution in [0.3, 0.4) is 0 Å². The summed E-state index contributed by atoms with van der Waals surface area (Å²) in [6.07, 6.45) is 1.88. The molecule has 0 saturated heterocycles. The van der Waals surface area contributed by atoms with Gasteiger partial charge in [0.25, 0.3) is 0 Å². The van der Waals surface area contributed by atoms with Gasteiger partial charge in [-0.3, -0.25) is 4.68 Å². The molecule has 1 heterocycles. The normalized spacial score (nSPS) is 13.4. The Labute approximate surface area is 129 Å². The van der Waals surface area contributed by atoms with Crippen molar-refractivity contribution in [3.63, 3.8) is 0 Å². The van der Waals surface area contributed by atoms with Gasteiger partial charge in [0.05, 0.1) is 22.4 Å². The van der Waals surface area contributed by atoms with Crippen molar-refractivity contribution in [2.75, 3.05) is 7.05 Å². The molecule has 0 bridgehead atoms. The van der Waals surface area contributed by atoms with Crippen LogP contribution in [-0.4, -0.2) is 16.8 Å². The molecule has 2 rings (SSSR count). The SMILES string of the molecule is CCn1ncc(Br)c1C(NC)C(C)(C)c1ccccc1. The van der Waals surface area contributed by atoms with Gasteiger partial charge in [0.15, 0.2) is 0 Å². The number of halogens is 1. The highest BCUT2D eigenvalue weighted by molar-refractivity contribution is 9.10. The van der Waals surface area contributed by atoms with Crippen LogP contribution in [0.2, 0.25) is 0 Å². The fraction of sp³-hybridized carbons (Fsp3) is 0.438. The predicted molar refractivity (Wildman–Crippen MR) is 86.9 cm³/mol. The standard InChI is InChI=1S/C16H22BrN3/c1-5-20-14(13(17)11-19-20)15(18-4)16(2,3)12-9-7-6-8-10-12/h6-11,15,18H,5H2,1-4H3. The predicted octanol–water partition coefficient (Wildman–Crippen LogP) is 3.90. The summed E-state index contributed by atoms with van der Waals surface area (Å²) in [6, 6.07) is 10.8. The largest absolute Gasteiger partial charge is 0.311 e. The molecule has 3 nitrogen and oxygen atoms in total. The molecular weight excluding hydrogens is 314 g/mol. The van der Waals surface area contributed by atoms with Crippen molar-refractivity contribution in [2.45, 2.75) is 38.8 Å². The highest BCUT2D eigenvalue weighted by atomic mass is 79.9. The summed E-state index contributed by atoms with van der Waals surface area (Å²) in [5.41, 5.74) is 2.48. The van der Waals surface area contributed by atoms with Crippen LogP contribution in [0.25, 0.3) is 0 Å². The lowest BCUT2D eigenvalue weighted by Crippen LogP contribution is -2.37. The van der Waals surface area contributed by atoms with Crippen LogP contribution in [0, 0.1) is 0 Å². The number of benzene rings is 1. The molecule has 108 valence electrons. The number of nitrogens with zero attached hydrogens (tertiary/aromatic N) is 2. The zero-order valence-electron chi connectivity index (χ0n) is 12.5. The second kappa shape index (κ2) is 6.10. The van der Waals surface area contributed by atoms with E-state index in [1.165, 1.54) is 11.3 Å². The Balaban J connectivity index is 2.49. The Morgan fingerprint density at radius 2 is 1.95 bits per heavy atom. The lowest BCUT2D eigenvalue weighted by molar-refractivity contribution is 0.345. The molecule has 0 radical (unpaired) electrons. The van der Waals surface area contributed by atoms with Crippen molar-refractivity contribution in [3.05, 3.63) is 52.3 Å². The molecule has 0 spiro atoms. The van der Waals surface area contributed by atoms with E-state index in [9.17, 15) is 0 Å². The van der Waals surface area contributed by atoms with Crippen LogP contribution in [-0.2, 0) is 12.0 Å². The van der Waals surface area contributed by atoms with Crippen molar-refractivity contribution >= 4 is 15.9 Å². The summed E-state index contributed by atoms with van der Waals surface area (Å²) < 4.78 is 3.11. The summed E-state index contributed by atoms with van der Waals surface area (Å²) in [7, 11) is 2.01. The van der Waals surface area contributed by atoms with Gasteiger partial charge in [0.2, 0.25) is 0 Å². The molecule has 2 aromatic rings. The van der Waals surface area contributed by atoms with Crippen LogP contribution in [0.4, 0.5) is 0 Å². The molecule has 4 heteroatoms. The second-order valence-corrected chi connectivity index (χ2v) is 6.36. The van der Waals surface area contributed by atoms with Gasteiger partial charge in [-0.15, -0.1) is 0 Å². The van der Waals surface area contributed by atoms with Gasteiger partial charge in [0.1, 0.15) is 0 Å². The first-order chi connectivity index (χ1) is 9.52. The maximum Gasteiger partial charge on any atom is 0.0704 e. The van der Waals surface area contributed by atoms with E-state index in [0.29, 0.717) is 0 Å². The maximum absolute atomic E-state index is 4.44. The number of hydrogen-bond donors (Lipinski definition) is 1. The lowest BCUT2D eigenvalue weighted by Gasteiger charge is -2.35. The average Bonchev–Trinajstić information content (AvgIpc) is 2.82. The van der Waals surface area contributed by atoms with Gasteiger partial charge in [-0.1, -0.05) is 44.2 Å². The van der Waals surface area contributed by atoms with Gasteiger partial charge < -0.3 is 5.32 Å². The summed E-state index contributed by atoms with van der Waals surface area (Å²) in [4.78, 5) is 0. The van der Waals surface area contributed by atoms with Gasteiger partial charge in [0, 0.05) is 12.0 Å². The smallest absolute Gasteiger partial charge is 0.0704 e. The van der Waals surface area contributed by atoms with Crippen molar-refractivity contribution in [2.24, 2.45) is 0 Å². The molecule has 0 fully saturated rings. The second-order valence-electron chi connectivity index (χ2n) is 5.50. The van der Waals surface area contributed by atoms with E-state index in [0.717, 1.165) is 11.0 Å². The van der Waals surface area contributed by atoms with Crippen molar-refractivity contribution in [1.29, 1.82) is 0 Å². The van der Waals surface area contributed by atoms with Gasteiger partial charge in [-0.2, -0.15) is 5.10 Å². The Morgan fingerprint density at radius 1 is 1.30 bits per heavy atom. The number of aryl methyl sites for hydroxylation is 1. The minimum Gasteiger partial charge on any atom is -0.311 e. The molecule has 1 atom stereocenters. The minimum atomic E-state index is -0.0362. The van der Waals surface area contributed by atoms with E-state index >= 15 is 0 Å². The molecule has 1 aromatic carbocycles. The summed E-state index contributed by atoms with van der Waals surface area (Å²) in [5.74, 6) is 0. The van der Waals surface area contributed by atoms with Gasteiger partial charge in [-0.25, -0.2) is 0 Å². The molecule has 0 amide bonds. The van der Waals surface area contributed by atoms with E-state index in [1.807, 2.05) is 13.2 Å². The first-order valence-electron chi connectivity index (χ1n) is 6.96. The zero-order valence-corrected chi connectivity index (χ0v) is 14.1. The molecule has 0 saturated carbocycles. The highest BCUT2D eigenvalue weighted by Gasteiger charge is 2.34. The van der Waals surface area contributed by atoms with Crippen LogP contribution in [0.15, 0.2) is 41.0 Å². The molecule has 0 aliphatic rings. The third-order valence-corrected chi connectivity index (χ3v) is 4.55. The number of likely N-dealkylation sites (N-methyl/N-ethyl adjacent to an activating group) is 1. The molecular formula is C16H22BrN3. The molecule has 0 aliphatic carbocycles. The quantitative estimate of drug-likeness (QED) is 0.897. The summed E-state index contributed by atoms with van der Waals surface area (Å²) in [6.45, 7) is 7.51. The van der Waals surface area contributed by atoms with E-state index in [-0.39, 0.29) is 11.5 Å². The number of rotatable bonds is 5. The highest BCUT2D eigenvalue weighted by Crippen LogP contribution is 2.39. The van der Waals surface area contributed by atoms with Crippen LogP contribution in [0.1, 0.15) is 38.1 Å². The van der Waals surface area contributed by atoms with E-state index in [2.05, 4.69) is 82.1 Å². The monoisotopic (exact) mass is 335 g/mol. The number of hydrogen-bond acceptors (Lipinski definition) is 2. The fourth-order valence-electron chi connectivity index (χ4n) is 2.78.